The van der Waals surface area contributed by atoms with Crippen LogP contribution in [0.1, 0.15) is 18.9 Å². The molecule has 2 aliphatic heterocycles. The van der Waals surface area contributed by atoms with Crippen LogP contribution in [0.15, 0.2) is 48.2 Å². The predicted octanol–water partition coefficient (Wildman–Crippen LogP) is 1.78. The highest BCUT2D eigenvalue weighted by Gasteiger charge is 2.46. The zero-order valence-corrected chi connectivity index (χ0v) is 20.1. The number of pyridine rings is 1. The van der Waals surface area contributed by atoms with E-state index < -0.39 is 45.4 Å². The summed E-state index contributed by atoms with van der Waals surface area (Å²) in [6, 6.07) is 8.91. The van der Waals surface area contributed by atoms with Crippen LogP contribution in [-0.2, 0) is 19.6 Å². The number of fused-ring (bicyclic) bond motifs is 1. The second-order valence-corrected chi connectivity index (χ2v) is 10.2. The van der Waals surface area contributed by atoms with Gasteiger partial charge in [-0.05, 0) is 31.5 Å². The standard InChI is InChI=1S/C21H20N4O4S.C2HF3O2/c1-21(19(26)23-20(27)24-21)14-30(28,29)25-12-9-15(10-13-25)7-8-16-4-2-6-18-17(16)5-3-11-22-18;3-2(4,5)1(6)7/h2-6,9,11H,10,12-14H2,1H3,(H2,23,24,26,27);(H,6,7)/t21-;/m1./s1. The molecule has 3 N–H and O–H groups in total. The molecule has 2 aromatic rings. The quantitative estimate of drug-likeness (QED) is 0.399. The van der Waals surface area contributed by atoms with Gasteiger partial charge in [0.25, 0.3) is 5.91 Å². The molecule has 0 saturated carbocycles. The number of nitrogens with zero attached hydrogens (tertiary/aromatic N) is 2. The van der Waals surface area contributed by atoms with E-state index >= 15 is 0 Å². The number of carboxylic acids is 1. The van der Waals surface area contributed by atoms with E-state index in [4.69, 9.17) is 9.90 Å². The third kappa shape index (κ3) is 6.83. The number of imide groups is 1. The van der Waals surface area contributed by atoms with Crippen molar-refractivity contribution in [3.05, 3.63) is 53.7 Å². The SMILES string of the molecule is C[C@]1(CS(=O)(=O)N2CC=C(C#Cc3cccc4ncccc34)CC2)NC(=O)NC1=O.O=C(O)C(F)(F)F. The van der Waals surface area contributed by atoms with Gasteiger partial charge in [-0.1, -0.05) is 30.0 Å². The number of nitrogens with one attached hydrogen (secondary N) is 2. The lowest BCUT2D eigenvalue weighted by Crippen LogP contribution is -2.52. The first kappa shape index (κ1) is 27.6. The van der Waals surface area contributed by atoms with Crippen LogP contribution in [0.25, 0.3) is 10.9 Å². The number of aromatic nitrogens is 1. The number of halogens is 3. The summed E-state index contributed by atoms with van der Waals surface area (Å²) >= 11 is 0. The number of rotatable bonds is 3. The molecule has 0 unspecified atom stereocenters. The Balaban J connectivity index is 0.000000479. The van der Waals surface area contributed by atoms with Gasteiger partial charge in [0.05, 0.1) is 11.3 Å². The summed E-state index contributed by atoms with van der Waals surface area (Å²) in [5.74, 6) is 2.41. The van der Waals surface area contributed by atoms with E-state index in [0.717, 1.165) is 22.0 Å². The lowest BCUT2D eigenvalue weighted by Gasteiger charge is -2.28. The Bertz CT molecular complexity index is 1440. The Labute approximate surface area is 209 Å². The summed E-state index contributed by atoms with van der Waals surface area (Å²) in [6.45, 7) is 1.85. The van der Waals surface area contributed by atoms with E-state index in [2.05, 4.69) is 27.5 Å². The molecule has 4 rings (SSSR count). The zero-order valence-electron chi connectivity index (χ0n) is 19.3. The Hall–Kier alpha value is -3.96. The fourth-order valence-electron chi connectivity index (χ4n) is 3.51. The number of hydrogen-bond donors (Lipinski definition) is 3. The number of carbonyl (C=O) groups excluding carboxylic acids is 2. The largest absolute Gasteiger partial charge is 0.490 e. The van der Waals surface area contributed by atoms with Crippen molar-refractivity contribution in [2.75, 3.05) is 18.8 Å². The van der Waals surface area contributed by atoms with Crippen LogP contribution in [0.3, 0.4) is 0 Å². The molecule has 1 aromatic heterocycles. The van der Waals surface area contributed by atoms with Crippen molar-refractivity contribution in [3.63, 3.8) is 0 Å². The summed E-state index contributed by atoms with van der Waals surface area (Å²) in [7, 11) is -3.74. The number of urea groups is 1. The Kier molecular flexibility index (Phi) is 7.89. The highest BCUT2D eigenvalue weighted by atomic mass is 32.2. The summed E-state index contributed by atoms with van der Waals surface area (Å²) in [5.41, 5.74) is 1.13. The highest BCUT2D eigenvalue weighted by molar-refractivity contribution is 7.89. The molecule has 3 amide bonds. The van der Waals surface area contributed by atoms with Gasteiger partial charge in [0.15, 0.2) is 0 Å². The average molecular weight is 539 g/mol. The van der Waals surface area contributed by atoms with E-state index in [0.29, 0.717) is 6.42 Å². The van der Waals surface area contributed by atoms with Crippen molar-refractivity contribution >= 4 is 38.8 Å². The minimum atomic E-state index is -5.08. The summed E-state index contributed by atoms with van der Waals surface area (Å²) in [4.78, 5) is 36.5. The molecule has 1 fully saturated rings. The minimum Gasteiger partial charge on any atom is -0.475 e. The zero-order chi connectivity index (χ0) is 27.4. The van der Waals surface area contributed by atoms with Gasteiger partial charge >= 0.3 is 18.2 Å². The average Bonchev–Trinajstić information content (AvgIpc) is 3.07. The van der Waals surface area contributed by atoms with Gasteiger partial charge in [-0.15, -0.1) is 0 Å². The first-order valence-electron chi connectivity index (χ1n) is 10.7. The third-order valence-corrected chi connectivity index (χ3v) is 7.46. The molecule has 0 spiro atoms. The molecule has 10 nitrogen and oxygen atoms in total. The fourth-order valence-corrected chi connectivity index (χ4v) is 5.30. The molecule has 2 aliphatic rings. The number of hydrogen-bond acceptors (Lipinski definition) is 6. The molecular formula is C23H21F3N4O6S. The molecule has 3 heterocycles. The van der Waals surface area contributed by atoms with Crippen molar-refractivity contribution in [3.8, 4) is 11.8 Å². The van der Waals surface area contributed by atoms with Crippen molar-refractivity contribution in [1.82, 2.24) is 19.9 Å². The monoisotopic (exact) mass is 538 g/mol. The lowest BCUT2D eigenvalue weighted by molar-refractivity contribution is -0.192. The second kappa shape index (κ2) is 10.6. The molecule has 1 atom stereocenters. The smallest absolute Gasteiger partial charge is 0.475 e. The van der Waals surface area contributed by atoms with E-state index in [-0.39, 0.29) is 13.1 Å². The van der Waals surface area contributed by atoms with Crippen LogP contribution in [0.2, 0.25) is 0 Å². The van der Waals surface area contributed by atoms with Crippen LogP contribution >= 0.6 is 0 Å². The van der Waals surface area contributed by atoms with Gasteiger partial charge < -0.3 is 10.4 Å². The molecule has 37 heavy (non-hydrogen) atoms. The van der Waals surface area contributed by atoms with Crippen LogP contribution in [0, 0.1) is 11.8 Å². The number of benzene rings is 1. The Morgan fingerprint density at radius 3 is 2.49 bits per heavy atom. The van der Waals surface area contributed by atoms with Crippen molar-refractivity contribution in [2.24, 2.45) is 0 Å². The maximum atomic E-state index is 12.8. The minimum absolute atomic E-state index is 0.176. The molecule has 0 bridgehead atoms. The molecule has 1 aromatic carbocycles. The lowest BCUT2D eigenvalue weighted by atomic mass is 10.1. The molecular weight excluding hydrogens is 517 g/mol. The summed E-state index contributed by atoms with van der Waals surface area (Å²) < 4.78 is 58.6. The van der Waals surface area contributed by atoms with Gasteiger partial charge in [-0.25, -0.2) is 18.0 Å². The van der Waals surface area contributed by atoms with E-state index in [1.807, 2.05) is 30.3 Å². The third-order valence-electron chi connectivity index (χ3n) is 5.40. The van der Waals surface area contributed by atoms with Crippen molar-refractivity contribution in [1.29, 1.82) is 0 Å². The fraction of sp³-hybridized carbons (Fsp3) is 0.304. The van der Waals surface area contributed by atoms with Gasteiger partial charge in [-0.2, -0.15) is 17.5 Å². The van der Waals surface area contributed by atoms with Gasteiger partial charge in [0, 0.05) is 35.8 Å². The van der Waals surface area contributed by atoms with Crippen LogP contribution in [-0.4, -0.2) is 71.3 Å². The molecule has 0 aliphatic carbocycles. The molecule has 196 valence electrons. The van der Waals surface area contributed by atoms with E-state index in [1.54, 1.807) is 12.3 Å². The van der Waals surface area contributed by atoms with Crippen molar-refractivity contribution in [2.45, 2.75) is 25.1 Å². The maximum absolute atomic E-state index is 12.8. The first-order valence-corrected chi connectivity index (χ1v) is 12.3. The highest BCUT2D eigenvalue weighted by Crippen LogP contribution is 2.20. The normalized spacial score (nSPS) is 20.1. The molecule has 1 saturated heterocycles. The molecule has 14 heteroatoms. The summed E-state index contributed by atoms with van der Waals surface area (Å²) in [5, 5.41) is 12.6. The summed E-state index contributed by atoms with van der Waals surface area (Å²) in [6.07, 6.45) is -1.09. The number of aliphatic carboxylic acids is 1. The van der Waals surface area contributed by atoms with Gasteiger partial charge in [0.1, 0.15) is 5.54 Å². The van der Waals surface area contributed by atoms with Crippen LogP contribution in [0.5, 0.6) is 0 Å². The van der Waals surface area contributed by atoms with Crippen molar-refractivity contribution < 1.29 is 41.1 Å². The Morgan fingerprint density at radius 2 is 1.92 bits per heavy atom. The number of amides is 3. The maximum Gasteiger partial charge on any atom is 0.490 e. The number of carboxylic acid groups (broad SMARTS) is 1. The van der Waals surface area contributed by atoms with Crippen LogP contribution in [0.4, 0.5) is 18.0 Å². The van der Waals surface area contributed by atoms with Gasteiger partial charge in [0.2, 0.25) is 10.0 Å². The second-order valence-electron chi connectivity index (χ2n) is 8.26. The molecule has 0 radical (unpaired) electrons. The topological polar surface area (TPSA) is 146 Å². The number of alkyl halides is 3. The van der Waals surface area contributed by atoms with E-state index in [1.165, 1.54) is 11.2 Å². The number of carbonyl (C=O) groups is 3. The Morgan fingerprint density at radius 1 is 1.22 bits per heavy atom. The van der Waals surface area contributed by atoms with Crippen LogP contribution < -0.4 is 10.6 Å². The predicted molar refractivity (Wildman–Crippen MR) is 125 cm³/mol. The number of sulfonamides is 1. The van der Waals surface area contributed by atoms with Gasteiger partial charge in [-0.3, -0.25) is 15.1 Å². The first-order chi connectivity index (χ1) is 17.2. The van der Waals surface area contributed by atoms with E-state index in [9.17, 15) is 31.2 Å².